The van der Waals surface area contributed by atoms with E-state index < -0.39 is 24.2 Å². The van der Waals surface area contributed by atoms with Crippen molar-refractivity contribution in [1.82, 2.24) is 0 Å². The molecule has 0 saturated heterocycles. The summed E-state index contributed by atoms with van der Waals surface area (Å²) in [4.78, 5) is 10.8. The Morgan fingerprint density at radius 1 is 1.50 bits per heavy atom. The third kappa shape index (κ3) is 1.91. The van der Waals surface area contributed by atoms with Crippen LogP contribution in [0.2, 0.25) is 0 Å². The second-order valence-corrected chi connectivity index (χ2v) is 2.69. The van der Waals surface area contributed by atoms with Gasteiger partial charge in [0, 0.05) is 0 Å². The number of methoxy groups -OCH3 is 1. The molecule has 0 unspecified atom stereocenters. The molecular weight excluding hydrogens is 200 g/mol. The summed E-state index contributed by atoms with van der Waals surface area (Å²) in [6, 6.07) is 0.654. The summed E-state index contributed by atoms with van der Waals surface area (Å²) >= 11 is 0. The number of rotatable bonds is 2. The molecule has 78 valence electrons. The fraction of sp³-hybridized carbons (Fsp3) is 0.286. The molecule has 0 aromatic carbocycles. The van der Waals surface area contributed by atoms with Gasteiger partial charge in [0.15, 0.2) is 0 Å². The first-order valence-electron chi connectivity index (χ1n) is 3.75. The van der Waals surface area contributed by atoms with Gasteiger partial charge < -0.3 is 22.1 Å². The second kappa shape index (κ2) is 3.40. The fourth-order valence-corrected chi connectivity index (χ4v) is 1.02. The Labute approximate surface area is 77.9 Å². The lowest BCUT2D eigenvalue weighted by Crippen LogP contribution is -2.34. The first kappa shape index (κ1) is 10.7. The quantitative estimate of drug-likeness (QED) is 0.543. The number of furan rings is 1. The second-order valence-electron chi connectivity index (χ2n) is 2.69. The summed E-state index contributed by atoms with van der Waals surface area (Å²) < 4.78 is 45.7. The average molecular weight is 207 g/mol. The van der Waals surface area contributed by atoms with Gasteiger partial charge in [-0.1, -0.05) is 5.46 Å². The molecule has 3 nitrogen and oxygen atoms in total. The van der Waals surface area contributed by atoms with Crippen LogP contribution in [0.5, 0.6) is 0 Å². The lowest BCUT2D eigenvalue weighted by molar-refractivity contribution is 0.0563. The van der Waals surface area contributed by atoms with Crippen molar-refractivity contribution >= 4 is 18.4 Å². The summed E-state index contributed by atoms with van der Waals surface area (Å²) in [6.45, 7) is -4.00. The average Bonchev–Trinajstić information content (AvgIpc) is 2.45. The highest BCUT2D eigenvalue weighted by Crippen LogP contribution is 2.15. The summed E-state index contributed by atoms with van der Waals surface area (Å²) in [5.74, 6) is -1.67. The maximum absolute atomic E-state index is 12.3. The molecule has 0 amide bonds. The van der Waals surface area contributed by atoms with Gasteiger partial charge in [0.25, 0.3) is 0 Å². The minimum atomic E-state index is -5.15. The number of carbonyl (C=O) groups excluding carboxylic acids is 1. The van der Waals surface area contributed by atoms with E-state index in [1.165, 1.54) is 0 Å². The number of hydrogen-bond donors (Lipinski definition) is 0. The van der Waals surface area contributed by atoms with E-state index >= 15 is 0 Å². The molecular formula is C7H7BF3O3-. The van der Waals surface area contributed by atoms with Gasteiger partial charge in [0.2, 0.25) is 5.76 Å². The van der Waals surface area contributed by atoms with E-state index in [1.54, 1.807) is 0 Å². The molecule has 0 atom stereocenters. The van der Waals surface area contributed by atoms with Crippen LogP contribution in [-0.4, -0.2) is 20.1 Å². The van der Waals surface area contributed by atoms with E-state index in [9.17, 15) is 17.7 Å². The lowest BCUT2D eigenvalue weighted by atomic mass is 9.80. The molecule has 1 heterocycles. The van der Waals surface area contributed by atoms with Crippen molar-refractivity contribution in [2.75, 3.05) is 7.11 Å². The van der Waals surface area contributed by atoms with Gasteiger partial charge in [-0.05, 0) is 13.0 Å². The van der Waals surface area contributed by atoms with E-state index in [0.717, 1.165) is 14.0 Å². The molecule has 0 aliphatic carbocycles. The SMILES string of the molecule is COC(=O)c1cc([B-](F)(F)F)c(C)o1. The molecule has 0 fully saturated rings. The van der Waals surface area contributed by atoms with E-state index in [0.29, 0.717) is 6.07 Å². The smallest absolute Gasteiger partial charge is 0.463 e. The minimum Gasteiger partial charge on any atom is -0.463 e. The molecule has 0 radical (unpaired) electrons. The molecule has 0 N–H and O–H groups in total. The first-order valence-corrected chi connectivity index (χ1v) is 3.75. The Morgan fingerprint density at radius 3 is 2.43 bits per heavy atom. The highest BCUT2D eigenvalue weighted by molar-refractivity contribution is 6.74. The van der Waals surface area contributed by atoms with Crippen LogP contribution in [0.15, 0.2) is 10.5 Å². The minimum absolute atomic E-state index is 0.321. The Balaban J connectivity index is 3.12. The summed E-state index contributed by atoms with van der Waals surface area (Å²) in [5.41, 5.74) is -0.898. The van der Waals surface area contributed by atoms with Crippen molar-refractivity contribution in [3.05, 3.63) is 17.6 Å². The topological polar surface area (TPSA) is 39.4 Å². The zero-order valence-electron chi connectivity index (χ0n) is 7.51. The van der Waals surface area contributed by atoms with Crippen LogP contribution < -0.4 is 5.46 Å². The summed E-state index contributed by atoms with van der Waals surface area (Å²) in [5, 5.41) is 0. The van der Waals surface area contributed by atoms with Gasteiger partial charge in [0.1, 0.15) is 0 Å². The highest BCUT2D eigenvalue weighted by Gasteiger charge is 2.31. The van der Waals surface area contributed by atoms with Gasteiger partial charge in [0.05, 0.1) is 12.9 Å². The van der Waals surface area contributed by atoms with Crippen LogP contribution in [0, 0.1) is 6.92 Å². The van der Waals surface area contributed by atoms with Crippen molar-refractivity contribution in [2.45, 2.75) is 6.92 Å². The monoisotopic (exact) mass is 207 g/mol. The predicted octanol–water partition coefficient (Wildman–Crippen LogP) is 1.43. The number of halogens is 3. The normalized spacial score (nSPS) is 11.5. The largest absolute Gasteiger partial charge is 0.513 e. The van der Waals surface area contributed by atoms with Gasteiger partial charge in [-0.15, -0.1) is 0 Å². The van der Waals surface area contributed by atoms with Crippen LogP contribution in [-0.2, 0) is 4.74 Å². The number of carbonyl (C=O) groups is 1. The van der Waals surface area contributed by atoms with Gasteiger partial charge in [-0.3, -0.25) is 0 Å². The maximum atomic E-state index is 12.3. The number of hydrogen-bond acceptors (Lipinski definition) is 3. The Morgan fingerprint density at radius 2 is 2.07 bits per heavy atom. The van der Waals surface area contributed by atoms with Crippen LogP contribution in [0.4, 0.5) is 12.9 Å². The third-order valence-corrected chi connectivity index (χ3v) is 1.70. The predicted molar refractivity (Wildman–Crippen MR) is 43.5 cm³/mol. The van der Waals surface area contributed by atoms with Crippen molar-refractivity contribution < 1.29 is 26.9 Å². The molecule has 0 spiro atoms. The zero-order valence-corrected chi connectivity index (χ0v) is 7.51. The molecule has 1 aromatic rings. The van der Waals surface area contributed by atoms with E-state index in [2.05, 4.69) is 9.15 Å². The molecule has 0 saturated carbocycles. The van der Waals surface area contributed by atoms with Crippen LogP contribution in [0.1, 0.15) is 16.3 Å². The molecule has 1 rings (SSSR count). The lowest BCUT2D eigenvalue weighted by Gasteiger charge is -2.11. The van der Waals surface area contributed by atoms with Crippen LogP contribution >= 0.6 is 0 Å². The summed E-state index contributed by atoms with van der Waals surface area (Å²) in [6.07, 6.45) is 0. The number of esters is 1. The molecule has 0 bridgehead atoms. The molecule has 0 aliphatic rings. The third-order valence-electron chi connectivity index (χ3n) is 1.70. The Kier molecular flexibility index (Phi) is 2.59. The van der Waals surface area contributed by atoms with E-state index in [4.69, 9.17) is 0 Å². The Bertz CT molecular complexity index is 356. The highest BCUT2D eigenvalue weighted by atomic mass is 19.4. The Hall–Kier alpha value is -1.40. The fourth-order valence-electron chi connectivity index (χ4n) is 1.02. The summed E-state index contributed by atoms with van der Waals surface area (Å²) in [7, 11) is 1.07. The van der Waals surface area contributed by atoms with E-state index in [-0.39, 0.29) is 5.76 Å². The van der Waals surface area contributed by atoms with Crippen LogP contribution in [0.25, 0.3) is 0 Å². The molecule has 7 heteroatoms. The van der Waals surface area contributed by atoms with Gasteiger partial charge in [-0.2, -0.15) is 0 Å². The maximum Gasteiger partial charge on any atom is 0.513 e. The molecule has 1 aromatic heterocycles. The standard InChI is InChI=1S/C7H7BF3O3/c1-4-5(8(9,10)11)3-6(14-4)7(12)13-2/h3H,1-2H3/q-1. The molecule has 14 heavy (non-hydrogen) atoms. The first-order chi connectivity index (χ1) is 6.36. The molecule has 0 aliphatic heterocycles. The van der Waals surface area contributed by atoms with Gasteiger partial charge in [-0.25, -0.2) is 4.79 Å². The van der Waals surface area contributed by atoms with Crippen molar-refractivity contribution in [3.63, 3.8) is 0 Å². The van der Waals surface area contributed by atoms with Crippen molar-refractivity contribution in [3.8, 4) is 0 Å². The van der Waals surface area contributed by atoms with Crippen molar-refractivity contribution in [2.24, 2.45) is 0 Å². The van der Waals surface area contributed by atoms with Crippen molar-refractivity contribution in [1.29, 1.82) is 0 Å². The van der Waals surface area contributed by atoms with Gasteiger partial charge >= 0.3 is 12.9 Å². The number of aryl methyl sites for hydroxylation is 1. The zero-order chi connectivity index (χ0) is 10.9. The number of ether oxygens (including phenoxy) is 1. The van der Waals surface area contributed by atoms with Crippen LogP contribution in [0.3, 0.4) is 0 Å². The van der Waals surface area contributed by atoms with E-state index in [1.807, 2.05) is 0 Å².